The Morgan fingerprint density at radius 1 is 0.783 bits per heavy atom. The number of nitrogens with zero attached hydrogens (tertiary/aromatic N) is 1. The molecule has 1 N–H and O–H groups in total. The predicted molar refractivity (Wildman–Crippen MR) is 86.3 cm³/mol. The first-order valence-electron chi connectivity index (χ1n) is 6.96. The number of hydrogen-bond acceptors (Lipinski definition) is 2. The van der Waals surface area contributed by atoms with E-state index in [4.69, 9.17) is 0 Å². The van der Waals surface area contributed by atoms with Crippen LogP contribution in [0, 0.1) is 23.5 Å². The van der Waals surface area contributed by atoms with Crippen LogP contribution in [-0.4, -0.2) is 4.98 Å². The topological polar surface area (TPSA) is 24.9 Å². The van der Waals surface area contributed by atoms with Crippen LogP contribution in [0.15, 0.2) is 66.9 Å². The highest BCUT2D eigenvalue weighted by molar-refractivity contribution is 5.61. The minimum Gasteiger partial charge on any atom is -0.355 e. The van der Waals surface area contributed by atoms with Crippen molar-refractivity contribution in [2.45, 2.75) is 0 Å². The summed E-state index contributed by atoms with van der Waals surface area (Å²) < 4.78 is 26.2. The number of anilines is 2. The molecule has 0 aliphatic carbocycles. The Morgan fingerprint density at radius 2 is 1.65 bits per heavy atom. The van der Waals surface area contributed by atoms with Crippen molar-refractivity contribution in [3.8, 4) is 11.8 Å². The molecule has 0 aliphatic rings. The number of rotatable bonds is 2. The molecule has 0 bridgehead atoms. The second-order valence-electron chi connectivity index (χ2n) is 4.80. The lowest BCUT2D eigenvalue weighted by atomic mass is 10.2. The lowest BCUT2D eigenvalue weighted by Gasteiger charge is -2.07. The van der Waals surface area contributed by atoms with Gasteiger partial charge in [0.1, 0.15) is 5.69 Å². The van der Waals surface area contributed by atoms with Gasteiger partial charge in [-0.15, -0.1) is 0 Å². The maximum Gasteiger partial charge on any atom is 0.160 e. The maximum atomic E-state index is 13.2. The molecule has 3 rings (SSSR count). The third-order valence-electron chi connectivity index (χ3n) is 3.07. The number of aromatic nitrogens is 1. The van der Waals surface area contributed by atoms with Gasteiger partial charge < -0.3 is 5.32 Å². The molecule has 0 radical (unpaired) electrons. The Bertz CT molecular complexity index is 881. The second kappa shape index (κ2) is 6.71. The van der Waals surface area contributed by atoms with Gasteiger partial charge in [-0.1, -0.05) is 18.1 Å². The fourth-order valence-corrected chi connectivity index (χ4v) is 1.99. The Labute approximate surface area is 132 Å². The van der Waals surface area contributed by atoms with Crippen molar-refractivity contribution in [3.63, 3.8) is 0 Å². The Morgan fingerprint density at radius 3 is 2.43 bits per heavy atom. The minimum absolute atomic E-state index is 0.471. The average Bonchev–Trinajstić information content (AvgIpc) is 2.58. The smallest absolute Gasteiger partial charge is 0.160 e. The zero-order chi connectivity index (χ0) is 16.1. The molecule has 0 unspecified atom stereocenters. The molecule has 23 heavy (non-hydrogen) atoms. The molecule has 0 amide bonds. The molecule has 3 aromatic rings. The summed E-state index contributed by atoms with van der Waals surface area (Å²) in [4.78, 5) is 4.14. The van der Waals surface area contributed by atoms with Crippen molar-refractivity contribution in [2.75, 3.05) is 5.32 Å². The number of pyridine rings is 1. The fraction of sp³-hybridized carbons (Fsp3) is 0. The van der Waals surface area contributed by atoms with Gasteiger partial charge in [0.05, 0.1) is 0 Å². The summed E-state index contributed by atoms with van der Waals surface area (Å²) in [6.45, 7) is 0. The van der Waals surface area contributed by atoms with Crippen LogP contribution in [0.1, 0.15) is 11.3 Å². The summed E-state index contributed by atoms with van der Waals surface area (Å²) in [6, 6.07) is 16.6. The average molecular weight is 306 g/mol. The highest BCUT2D eigenvalue weighted by atomic mass is 19.2. The third kappa shape index (κ3) is 3.92. The van der Waals surface area contributed by atoms with E-state index < -0.39 is 11.6 Å². The first-order chi connectivity index (χ1) is 11.2. The van der Waals surface area contributed by atoms with Gasteiger partial charge in [-0.05, 0) is 48.4 Å². The van der Waals surface area contributed by atoms with E-state index in [1.165, 1.54) is 6.07 Å². The lowest BCUT2D eigenvalue weighted by Crippen LogP contribution is -1.93. The highest BCUT2D eigenvalue weighted by Crippen LogP contribution is 2.19. The molecular formula is C19H12F2N2. The van der Waals surface area contributed by atoms with Crippen molar-refractivity contribution in [1.29, 1.82) is 0 Å². The second-order valence-corrected chi connectivity index (χ2v) is 4.80. The molecular weight excluding hydrogens is 294 g/mol. The maximum absolute atomic E-state index is 13.2. The van der Waals surface area contributed by atoms with Crippen LogP contribution in [0.2, 0.25) is 0 Å². The van der Waals surface area contributed by atoms with E-state index in [0.717, 1.165) is 23.4 Å². The van der Waals surface area contributed by atoms with Gasteiger partial charge in [0, 0.05) is 29.2 Å². The first-order valence-corrected chi connectivity index (χ1v) is 6.96. The lowest BCUT2D eigenvalue weighted by molar-refractivity contribution is 0.509. The Kier molecular flexibility index (Phi) is 4.30. The summed E-state index contributed by atoms with van der Waals surface area (Å²) in [6.07, 6.45) is 1.69. The van der Waals surface area contributed by atoms with Crippen LogP contribution in [0.5, 0.6) is 0 Å². The largest absolute Gasteiger partial charge is 0.355 e. The molecule has 4 heteroatoms. The normalized spacial score (nSPS) is 9.83. The van der Waals surface area contributed by atoms with Crippen LogP contribution < -0.4 is 5.32 Å². The zero-order valence-corrected chi connectivity index (χ0v) is 12.1. The first kappa shape index (κ1) is 14.7. The van der Waals surface area contributed by atoms with Crippen LogP contribution in [0.3, 0.4) is 0 Å². The Hall–Kier alpha value is -3.19. The number of nitrogens with one attached hydrogen (secondary N) is 1. The third-order valence-corrected chi connectivity index (χ3v) is 3.07. The van der Waals surface area contributed by atoms with Crippen molar-refractivity contribution in [1.82, 2.24) is 4.98 Å². The van der Waals surface area contributed by atoms with E-state index in [9.17, 15) is 8.78 Å². The minimum atomic E-state index is -0.888. The quantitative estimate of drug-likeness (QED) is 0.705. The van der Waals surface area contributed by atoms with Crippen LogP contribution >= 0.6 is 0 Å². The Balaban J connectivity index is 1.80. The van der Waals surface area contributed by atoms with Gasteiger partial charge >= 0.3 is 0 Å². The molecule has 1 heterocycles. The number of hydrogen-bond donors (Lipinski definition) is 1. The molecule has 1 aromatic heterocycles. The van der Waals surface area contributed by atoms with Gasteiger partial charge in [0.25, 0.3) is 0 Å². The van der Waals surface area contributed by atoms with E-state index in [-0.39, 0.29) is 0 Å². The molecule has 0 spiro atoms. The molecule has 0 saturated carbocycles. The molecule has 0 fully saturated rings. The van der Waals surface area contributed by atoms with Gasteiger partial charge in [0.2, 0.25) is 0 Å². The van der Waals surface area contributed by atoms with Gasteiger partial charge in [-0.25, -0.2) is 13.8 Å². The van der Waals surface area contributed by atoms with E-state index >= 15 is 0 Å². The molecule has 112 valence electrons. The molecule has 2 nitrogen and oxygen atoms in total. The molecule has 0 atom stereocenters. The molecule has 0 saturated heterocycles. The summed E-state index contributed by atoms with van der Waals surface area (Å²) in [5, 5.41) is 3.02. The van der Waals surface area contributed by atoms with Gasteiger partial charge in [-0.2, -0.15) is 0 Å². The van der Waals surface area contributed by atoms with Crippen LogP contribution in [0.25, 0.3) is 0 Å². The van der Waals surface area contributed by atoms with E-state index in [1.807, 2.05) is 42.5 Å². The summed E-state index contributed by atoms with van der Waals surface area (Å²) in [5.41, 5.74) is 2.69. The van der Waals surface area contributed by atoms with Gasteiger partial charge in [-0.3, -0.25) is 0 Å². The fourth-order valence-electron chi connectivity index (χ4n) is 1.99. The highest BCUT2D eigenvalue weighted by Gasteiger charge is 2.02. The monoisotopic (exact) mass is 306 g/mol. The summed E-state index contributed by atoms with van der Waals surface area (Å²) in [7, 11) is 0. The van der Waals surface area contributed by atoms with Crippen LogP contribution in [-0.2, 0) is 0 Å². The van der Waals surface area contributed by atoms with Crippen molar-refractivity contribution in [2.24, 2.45) is 0 Å². The van der Waals surface area contributed by atoms with Gasteiger partial charge in [0.15, 0.2) is 11.6 Å². The SMILES string of the molecule is Fc1ccc(Nc2cccc(C#Cc3ccccn3)c2)cc1F. The van der Waals surface area contributed by atoms with Crippen molar-refractivity contribution < 1.29 is 8.78 Å². The molecule has 2 aromatic carbocycles. The van der Waals surface area contributed by atoms with Crippen LogP contribution in [0.4, 0.5) is 20.2 Å². The summed E-state index contributed by atoms with van der Waals surface area (Å²) in [5.74, 6) is 4.23. The standard InChI is InChI=1S/C19H12F2N2/c20-18-10-9-17(13-19(18)21)23-16-6-3-4-14(12-16)7-8-15-5-1-2-11-22-15/h1-6,9-13,23H. The van der Waals surface area contributed by atoms with Crippen molar-refractivity contribution >= 4 is 11.4 Å². The van der Waals surface area contributed by atoms with Crippen molar-refractivity contribution in [3.05, 3.63) is 89.8 Å². The predicted octanol–water partition coefficient (Wildman–Crippen LogP) is 4.50. The zero-order valence-electron chi connectivity index (χ0n) is 12.1. The summed E-state index contributed by atoms with van der Waals surface area (Å²) >= 11 is 0. The van der Waals surface area contributed by atoms with E-state index in [0.29, 0.717) is 11.4 Å². The number of benzene rings is 2. The van der Waals surface area contributed by atoms with E-state index in [2.05, 4.69) is 22.1 Å². The van der Waals surface area contributed by atoms with E-state index in [1.54, 1.807) is 6.20 Å². The molecule has 0 aliphatic heterocycles. The number of halogens is 2.